The highest BCUT2D eigenvalue weighted by molar-refractivity contribution is 8.76. The molecule has 0 aliphatic heterocycles. The number of hydrogen-bond acceptors (Lipinski definition) is 6. The SMILES string of the molecule is O=C(O)CCSSCCNC(=O)c1ccccc1OCC(=O)Nc1ccccc1F. The maximum Gasteiger partial charge on any atom is 0.304 e. The van der Waals surface area contributed by atoms with E-state index in [9.17, 15) is 18.8 Å². The van der Waals surface area contributed by atoms with E-state index in [4.69, 9.17) is 9.84 Å². The summed E-state index contributed by atoms with van der Waals surface area (Å²) < 4.78 is 19.1. The van der Waals surface area contributed by atoms with Crippen LogP contribution >= 0.6 is 21.6 Å². The van der Waals surface area contributed by atoms with Crippen molar-refractivity contribution in [3.05, 3.63) is 59.9 Å². The Morgan fingerprint density at radius 1 is 1.00 bits per heavy atom. The minimum Gasteiger partial charge on any atom is -0.483 e. The molecule has 0 aliphatic carbocycles. The number of carboxylic acids is 1. The van der Waals surface area contributed by atoms with E-state index in [1.807, 2.05) is 0 Å². The van der Waals surface area contributed by atoms with Crippen LogP contribution < -0.4 is 15.4 Å². The number of benzene rings is 2. The van der Waals surface area contributed by atoms with Gasteiger partial charge in [0.1, 0.15) is 11.6 Å². The molecule has 0 saturated carbocycles. The van der Waals surface area contributed by atoms with Crippen LogP contribution in [0.25, 0.3) is 0 Å². The molecular weight excluding hydrogens is 431 g/mol. The number of para-hydroxylation sites is 2. The average molecular weight is 453 g/mol. The molecule has 2 aromatic rings. The molecule has 0 saturated heterocycles. The van der Waals surface area contributed by atoms with Crippen LogP contribution in [-0.2, 0) is 9.59 Å². The van der Waals surface area contributed by atoms with E-state index >= 15 is 0 Å². The van der Waals surface area contributed by atoms with Crippen molar-refractivity contribution in [2.24, 2.45) is 0 Å². The van der Waals surface area contributed by atoms with Crippen molar-refractivity contribution in [2.45, 2.75) is 6.42 Å². The number of carbonyl (C=O) groups excluding carboxylic acids is 2. The quantitative estimate of drug-likeness (QED) is 0.335. The summed E-state index contributed by atoms with van der Waals surface area (Å²) in [7, 11) is 2.91. The molecule has 0 unspecified atom stereocenters. The molecule has 0 fully saturated rings. The first-order valence-corrected chi connectivity index (χ1v) is 11.5. The second-order valence-electron chi connectivity index (χ2n) is 5.86. The van der Waals surface area contributed by atoms with Gasteiger partial charge in [-0.05, 0) is 24.3 Å². The minimum atomic E-state index is -0.837. The Hall–Kier alpha value is -2.72. The molecule has 30 heavy (non-hydrogen) atoms. The lowest BCUT2D eigenvalue weighted by Gasteiger charge is -2.12. The van der Waals surface area contributed by atoms with Gasteiger partial charge in [-0.2, -0.15) is 0 Å². The summed E-state index contributed by atoms with van der Waals surface area (Å²) in [5, 5.41) is 13.7. The molecule has 0 atom stereocenters. The van der Waals surface area contributed by atoms with Gasteiger partial charge in [0, 0.05) is 18.1 Å². The number of carboxylic acid groups (broad SMARTS) is 1. The van der Waals surface area contributed by atoms with E-state index in [0.717, 1.165) is 0 Å². The van der Waals surface area contributed by atoms with Crippen LogP contribution in [0.5, 0.6) is 5.75 Å². The number of nitrogens with one attached hydrogen (secondary N) is 2. The summed E-state index contributed by atoms with van der Waals surface area (Å²) in [6, 6.07) is 12.3. The van der Waals surface area contributed by atoms with Crippen molar-refractivity contribution in [2.75, 3.05) is 30.0 Å². The molecule has 0 radical (unpaired) electrons. The molecule has 0 heterocycles. The summed E-state index contributed by atoms with van der Waals surface area (Å²) in [5.41, 5.74) is 0.329. The van der Waals surface area contributed by atoms with Crippen molar-refractivity contribution in [1.82, 2.24) is 5.32 Å². The molecule has 2 amide bonds. The van der Waals surface area contributed by atoms with Crippen LogP contribution in [0.1, 0.15) is 16.8 Å². The van der Waals surface area contributed by atoms with E-state index in [1.54, 1.807) is 30.3 Å². The highest BCUT2D eigenvalue weighted by atomic mass is 33.1. The Bertz CT molecular complexity index is 882. The van der Waals surface area contributed by atoms with Gasteiger partial charge in [-0.1, -0.05) is 45.9 Å². The molecule has 0 aliphatic rings. The van der Waals surface area contributed by atoms with Gasteiger partial charge >= 0.3 is 5.97 Å². The second kappa shape index (κ2) is 12.8. The molecule has 7 nitrogen and oxygen atoms in total. The molecule has 0 bridgehead atoms. The van der Waals surface area contributed by atoms with Crippen LogP contribution in [0.3, 0.4) is 0 Å². The lowest BCUT2D eigenvalue weighted by atomic mass is 10.2. The van der Waals surface area contributed by atoms with E-state index in [0.29, 0.717) is 18.1 Å². The number of ether oxygens (including phenoxy) is 1. The summed E-state index contributed by atoms with van der Waals surface area (Å²) >= 11 is 0. The molecule has 10 heteroatoms. The van der Waals surface area contributed by atoms with Gasteiger partial charge in [0.2, 0.25) is 0 Å². The largest absolute Gasteiger partial charge is 0.483 e. The number of carbonyl (C=O) groups is 3. The monoisotopic (exact) mass is 452 g/mol. The van der Waals surface area contributed by atoms with Crippen molar-refractivity contribution >= 4 is 45.1 Å². The van der Waals surface area contributed by atoms with Gasteiger partial charge in [0.05, 0.1) is 17.7 Å². The highest BCUT2D eigenvalue weighted by Gasteiger charge is 2.13. The Kier molecular flexibility index (Phi) is 10.0. The topological polar surface area (TPSA) is 105 Å². The first-order chi connectivity index (χ1) is 14.5. The third-order valence-electron chi connectivity index (χ3n) is 3.59. The summed E-state index contributed by atoms with van der Waals surface area (Å²) in [4.78, 5) is 34.8. The molecule has 0 aromatic heterocycles. The van der Waals surface area contributed by atoms with E-state index < -0.39 is 17.7 Å². The van der Waals surface area contributed by atoms with Crippen LogP contribution in [0, 0.1) is 5.82 Å². The lowest BCUT2D eigenvalue weighted by molar-refractivity contribution is -0.136. The standard InChI is InChI=1S/C20H21FN2O5S2/c21-15-6-2-3-7-16(15)23-18(24)13-28-17-8-4-1-5-14(17)20(27)22-10-12-30-29-11-9-19(25)26/h1-8H,9-13H2,(H,22,27)(H,23,24)(H,25,26). The van der Waals surface area contributed by atoms with Crippen LogP contribution in [0.15, 0.2) is 48.5 Å². The zero-order chi connectivity index (χ0) is 21.8. The number of hydrogen-bond donors (Lipinski definition) is 3. The zero-order valence-corrected chi connectivity index (χ0v) is 17.6. The highest BCUT2D eigenvalue weighted by Crippen LogP contribution is 2.21. The predicted octanol–water partition coefficient (Wildman–Crippen LogP) is 3.43. The van der Waals surface area contributed by atoms with Crippen molar-refractivity contribution in [3.63, 3.8) is 0 Å². The zero-order valence-electron chi connectivity index (χ0n) is 15.9. The molecular formula is C20H21FN2O5S2. The van der Waals surface area contributed by atoms with Crippen molar-refractivity contribution in [3.8, 4) is 5.75 Å². The van der Waals surface area contributed by atoms with Gasteiger partial charge in [0.25, 0.3) is 11.8 Å². The molecule has 3 N–H and O–H groups in total. The Labute approximate surface area is 181 Å². The van der Waals surface area contributed by atoms with E-state index in [-0.39, 0.29) is 35.9 Å². The number of rotatable bonds is 12. The number of amides is 2. The third kappa shape index (κ3) is 8.34. The number of anilines is 1. The fraction of sp³-hybridized carbons (Fsp3) is 0.250. The Morgan fingerprint density at radius 3 is 2.47 bits per heavy atom. The fourth-order valence-corrected chi connectivity index (χ4v) is 4.11. The van der Waals surface area contributed by atoms with Gasteiger partial charge in [-0.3, -0.25) is 14.4 Å². The normalized spacial score (nSPS) is 10.3. The van der Waals surface area contributed by atoms with E-state index in [2.05, 4.69) is 10.6 Å². The fourth-order valence-electron chi connectivity index (χ4n) is 2.22. The van der Waals surface area contributed by atoms with Crippen LogP contribution in [0.2, 0.25) is 0 Å². The summed E-state index contributed by atoms with van der Waals surface area (Å²) in [6.45, 7) is 0.0143. The van der Waals surface area contributed by atoms with Crippen molar-refractivity contribution in [1.29, 1.82) is 0 Å². The molecule has 2 rings (SSSR count). The first kappa shape index (κ1) is 23.6. The number of halogens is 1. The Morgan fingerprint density at radius 2 is 1.70 bits per heavy atom. The Balaban J connectivity index is 1.79. The smallest absolute Gasteiger partial charge is 0.304 e. The van der Waals surface area contributed by atoms with Crippen molar-refractivity contribution < 1.29 is 28.6 Å². The predicted molar refractivity (Wildman–Crippen MR) is 116 cm³/mol. The van der Waals surface area contributed by atoms with Crippen LogP contribution in [0.4, 0.5) is 10.1 Å². The summed E-state index contributed by atoms with van der Waals surface area (Å²) in [6.07, 6.45) is 0.0965. The van der Waals surface area contributed by atoms with E-state index in [1.165, 1.54) is 39.8 Å². The van der Waals surface area contributed by atoms with Gasteiger partial charge in [-0.15, -0.1) is 0 Å². The number of aliphatic carboxylic acids is 1. The molecule has 2 aromatic carbocycles. The van der Waals surface area contributed by atoms with Crippen LogP contribution in [-0.4, -0.2) is 47.5 Å². The maximum atomic E-state index is 13.6. The summed E-state index contributed by atoms with van der Waals surface area (Å²) in [5.74, 6) is -0.937. The lowest BCUT2D eigenvalue weighted by Crippen LogP contribution is -2.27. The first-order valence-electron chi connectivity index (χ1n) is 8.98. The van der Waals surface area contributed by atoms with Gasteiger partial charge in [0.15, 0.2) is 6.61 Å². The molecule has 160 valence electrons. The van der Waals surface area contributed by atoms with Gasteiger partial charge < -0.3 is 20.5 Å². The minimum absolute atomic E-state index is 0.0517. The second-order valence-corrected chi connectivity index (χ2v) is 8.56. The van der Waals surface area contributed by atoms with Gasteiger partial charge in [-0.25, -0.2) is 4.39 Å². The average Bonchev–Trinajstić information content (AvgIpc) is 2.73. The maximum absolute atomic E-state index is 13.6. The third-order valence-corrected chi connectivity index (χ3v) is 6.00. The molecule has 0 spiro atoms.